The number of fused-ring (bicyclic) bond motifs is 1. The van der Waals surface area contributed by atoms with E-state index < -0.39 is 47.2 Å². The molecule has 0 spiro atoms. The lowest BCUT2D eigenvalue weighted by Gasteiger charge is -2.24. The highest BCUT2D eigenvalue weighted by Crippen LogP contribution is 2.27. The Kier molecular flexibility index (Phi) is 5.65. The van der Waals surface area contributed by atoms with Crippen LogP contribution in [0.1, 0.15) is 34.1 Å². The molecule has 1 aliphatic rings. The van der Waals surface area contributed by atoms with Gasteiger partial charge in [0.25, 0.3) is 11.8 Å². The summed E-state index contributed by atoms with van der Waals surface area (Å²) < 4.78 is 9.22. The fraction of sp³-hybridized carbons (Fsp3) is 0.375. The molecule has 0 N–H and O–H groups in total. The maximum absolute atomic E-state index is 12.5. The van der Waals surface area contributed by atoms with Crippen LogP contribution in [0.4, 0.5) is 0 Å². The van der Waals surface area contributed by atoms with Crippen LogP contribution in [-0.2, 0) is 19.1 Å². The van der Waals surface area contributed by atoms with Crippen LogP contribution in [-0.4, -0.2) is 59.4 Å². The van der Waals surface area contributed by atoms with E-state index in [0.717, 1.165) is 7.11 Å². The Bertz CT molecular complexity index is 740. The molecule has 1 aromatic rings. The molecule has 0 bridgehead atoms. The summed E-state index contributed by atoms with van der Waals surface area (Å²) in [6.45, 7) is 1.37. The number of nitro groups is 1. The molecule has 2 atom stereocenters. The maximum atomic E-state index is 12.5. The first-order chi connectivity index (χ1) is 12.3. The first-order valence-electron chi connectivity index (χ1n) is 7.68. The molecule has 0 radical (unpaired) electrons. The van der Waals surface area contributed by atoms with Gasteiger partial charge < -0.3 is 9.47 Å². The van der Waals surface area contributed by atoms with E-state index in [2.05, 4.69) is 9.47 Å². The van der Waals surface area contributed by atoms with E-state index >= 15 is 0 Å². The van der Waals surface area contributed by atoms with Crippen molar-refractivity contribution in [2.24, 2.45) is 0 Å². The predicted molar refractivity (Wildman–Crippen MR) is 84.8 cm³/mol. The molecule has 10 nitrogen and oxygen atoms in total. The van der Waals surface area contributed by atoms with Crippen LogP contribution in [0.25, 0.3) is 0 Å². The summed E-state index contributed by atoms with van der Waals surface area (Å²) in [5.74, 6) is -3.78. The topological polar surface area (TPSA) is 133 Å². The molecule has 2 amide bonds. The first kappa shape index (κ1) is 19.0. The largest absolute Gasteiger partial charge is 0.467 e. The normalized spacial score (nSPS) is 15.2. The molecular formula is C16H16N2O8. The second-order valence-electron chi connectivity index (χ2n) is 5.35. The van der Waals surface area contributed by atoms with Gasteiger partial charge in [0.1, 0.15) is 6.04 Å². The van der Waals surface area contributed by atoms with Crippen molar-refractivity contribution in [2.45, 2.75) is 25.4 Å². The van der Waals surface area contributed by atoms with Crippen LogP contribution in [0.2, 0.25) is 0 Å². The van der Waals surface area contributed by atoms with E-state index in [4.69, 9.17) is 0 Å². The van der Waals surface area contributed by atoms with Crippen molar-refractivity contribution in [3.05, 3.63) is 45.5 Å². The minimum Gasteiger partial charge on any atom is -0.467 e. The van der Waals surface area contributed by atoms with E-state index in [-0.39, 0.29) is 17.7 Å². The summed E-state index contributed by atoms with van der Waals surface area (Å²) in [4.78, 5) is 59.9. The second-order valence-corrected chi connectivity index (χ2v) is 5.35. The molecule has 1 aliphatic heterocycles. The van der Waals surface area contributed by atoms with Crippen molar-refractivity contribution in [1.82, 2.24) is 4.90 Å². The van der Waals surface area contributed by atoms with Crippen LogP contribution >= 0.6 is 0 Å². The zero-order chi connectivity index (χ0) is 19.4. The SMILES string of the molecule is CCOC(=O)C(CC(C(=O)OC)N1C(=O)c2ccccc2C1=O)[N+](=O)[O-]. The Morgan fingerprint density at radius 1 is 1.15 bits per heavy atom. The number of carbonyl (C=O) groups is 4. The van der Waals surface area contributed by atoms with Crippen LogP contribution in [0, 0.1) is 10.1 Å². The maximum Gasteiger partial charge on any atom is 0.381 e. The lowest BCUT2D eigenvalue weighted by molar-refractivity contribution is -0.512. The smallest absolute Gasteiger partial charge is 0.381 e. The van der Waals surface area contributed by atoms with Gasteiger partial charge in [-0.05, 0) is 19.1 Å². The number of hydrogen-bond donors (Lipinski definition) is 0. The van der Waals surface area contributed by atoms with Crippen molar-refractivity contribution in [3.63, 3.8) is 0 Å². The predicted octanol–water partition coefficient (Wildman–Crippen LogP) is 0.423. The monoisotopic (exact) mass is 364 g/mol. The number of amides is 2. The van der Waals surface area contributed by atoms with E-state index in [0.29, 0.717) is 4.90 Å². The summed E-state index contributed by atoms with van der Waals surface area (Å²) in [5, 5.41) is 11.2. The van der Waals surface area contributed by atoms with Crippen molar-refractivity contribution < 1.29 is 33.6 Å². The van der Waals surface area contributed by atoms with Crippen molar-refractivity contribution in [3.8, 4) is 0 Å². The Morgan fingerprint density at radius 2 is 1.69 bits per heavy atom. The number of nitrogens with zero attached hydrogens (tertiary/aromatic N) is 2. The molecule has 2 rings (SSSR count). The first-order valence-corrected chi connectivity index (χ1v) is 7.68. The Labute approximate surface area is 147 Å². The third kappa shape index (κ3) is 3.39. The van der Waals surface area contributed by atoms with Gasteiger partial charge >= 0.3 is 18.0 Å². The number of imide groups is 1. The molecule has 0 saturated heterocycles. The van der Waals surface area contributed by atoms with Gasteiger partial charge in [0, 0.05) is 4.92 Å². The molecule has 2 unspecified atom stereocenters. The highest BCUT2D eigenvalue weighted by atomic mass is 16.6. The van der Waals surface area contributed by atoms with Crippen LogP contribution in [0.3, 0.4) is 0 Å². The molecule has 0 aromatic heterocycles. The van der Waals surface area contributed by atoms with Gasteiger partial charge in [-0.1, -0.05) is 12.1 Å². The van der Waals surface area contributed by atoms with E-state index in [1.807, 2.05) is 0 Å². The van der Waals surface area contributed by atoms with Gasteiger partial charge in [0.2, 0.25) is 0 Å². The van der Waals surface area contributed by atoms with Gasteiger partial charge in [0.05, 0.1) is 31.3 Å². The van der Waals surface area contributed by atoms with Gasteiger partial charge in [0.15, 0.2) is 0 Å². The number of benzene rings is 1. The molecule has 138 valence electrons. The van der Waals surface area contributed by atoms with Crippen LogP contribution < -0.4 is 0 Å². The molecule has 10 heteroatoms. The molecule has 1 aromatic carbocycles. The van der Waals surface area contributed by atoms with Gasteiger partial charge in [-0.2, -0.15) is 0 Å². The third-order valence-electron chi connectivity index (χ3n) is 3.87. The highest BCUT2D eigenvalue weighted by Gasteiger charge is 2.47. The average Bonchev–Trinajstić information content (AvgIpc) is 2.87. The number of hydrogen-bond acceptors (Lipinski definition) is 8. The fourth-order valence-corrected chi connectivity index (χ4v) is 2.65. The lowest BCUT2D eigenvalue weighted by Crippen LogP contribution is -2.49. The van der Waals surface area contributed by atoms with E-state index in [1.165, 1.54) is 19.1 Å². The van der Waals surface area contributed by atoms with Crippen LogP contribution in [0.15, 0.2) is 24.3 Å². The molecular weight excluding hydrogens is 348 g/mol. The lowest BCUT2D eigenvalue weighted by atomic mass is 10.1. The number of ether oxygens (including phenoxy) is 2. The summed E-state index contributed by atoms with van der Waals surface area (Å²) in [6.07, 6.45) is -0.746. The van der Waals surface area contributed by atoms with Crippen molar-refractivity contribution >= 4 is 23.8 Å². The summed E-state index contributed by atoms with van der Waals surface area (Å²) >= 11 is 0. The third-order valence-corrected chi connectivity index (χ3v) is 3.87. The van der Waals surface area contributed by atoms with Crippen LogP contribution in [0.5, 0.6) is 0 Å². The van der Waals surface area contributed by atoms with Gasteiger partial charge in [-0.25, -0.2) is 9.59 Å². The van der Waals surface area contributed by atoms with E-state index in [1.54, 1.807) is 12.1 Å². The summed E-state index contributed by atoms with van der Waals surface area (Å²) in [6, 6.07) is 2.33. The number of esters is 2. The molecule has 0 saturated carbocycles. The van der Waals surface area contributed by atoms with Crippen molar-refractivity contribution in [2.75, 3.05) is 13.7 Å². The summed E-state index contributed by atoms with van der Waals surface area (Å²) in [7, 11) is 1.01. The number of rotatable bonds is 7. The van der Waals surface area contributed by atoms with E-state index in [9.17, 15) is 29.3 Å². The Morgan fingerprint density at radius 3 is 2.12 bits per heavy atom. The molecule has 0 fully saturated rings. The quantitative estimate of drug-likeness (QED) is 0.294. The molecule has 26 heavy (non-hydrogen) atoms. The standard InChI is InChI=1S/C16H16N2O8/c1-3-26-16(22)12(18(23)24)8-11(15(21)25-2)17-13(19)9-6-4-5-7-10(9)14(17)20/h4-7,11-12H,3,8H2,1-2H3. The van der Waals surface area contributed by atoms with Gasteiger partial charge in [-0.15, -0.1) is 0 Å². The zero-order valence-electron chi connectivity index (χ0n) is 14.0. The Balaban J connectivity index is 2.38. The van der Waals surface area contributed by atoms with Gasteiger partial charge in [-0.3, -0.25) is 24.6 Å². The Hall–Kier alpha value is -3.30. The number of carbonyl (C=O) groups excluding carboxylic acids is 4. The average molecular weight is 364 g/mol. The zero-order valence-corrected chi connectivity index (χ0v) is 14.0. The minimum atomic E-state index is -1.93. The molecule has 1 heterocycles. The highest BCUT2D eigenvalue weighted by molar-refractivity contribution is 6.22. The minimum absolute atomic E-state index is 0.0696. The summed E-state index contributed by atoms with van der Waals surface area (Å²) in [5.41, 5.74) is 0.139. The fourth-order valence-electron chi connectivity index (χ4n) is 2.65. The second kappa shape index (κ2) is 7.72. The number of methoxy groups -OCH3 is 1. The molecule has 0 aliphatic carbocycles. The van der Waals surface area contributed by atoms with Crippen molar-refractivity contribution in [1.29, 1.82) is 0 Å².